The Balaban J connectivity index is 3.37. The highest BCUT2D eigenvalue weighted by atomic mass is 16.6. The molecule has 0 bridgehead atoms. The fourth-order valence-electron chi connectivity index (χ4n) is 1.52. The van der Waals surface area contributed by atoms with Crippen LogP contribution < -0.4 is 10.1 Å². The third kappa shape index (κ3) is 4.30. The van der Waals surface area contributed by atoms with Crippen LogP contribution in [-0.4, -0.2) is 34.1 Å². The van der Waals surface area contributed by atoms with E-state index in [1.54, 1.807) is 6.92 Å². The molecule has 0 aliphatic heterocycles. The molecule has 0 spiro atoms. The highest BCUT2D eigenvalue weighted by molar-refractivity contribution is 5.62. The van der Waals surface area contributed by atoms with Gasteiger partial charge in [0.05, 0.1) is 11.5 Å². The van der Waals surface area contributed by atoms with Crippen LogP contribution in [0.4, 0.5) is 11.5 Å². The summed E-state index contributed by atoms with van der Waals surface area (Å²) >= 11 is 0. The van der Waals surface area contributed by atoms with E-state index in [4.69, 9.17) is 9.47 Å². The van der Waals surface area contributed by atoms with Crippen molar-refractivity contribution in [3.8, 4) is 5.88 Å². The van der Waals surface area contributed by atoms with E-state index in [0.717, 1.165) is 0 Å². The molecule has 1 aromatic heterocycles. The van der Waals surface area contributed by atoms with Crippen molar-refractivity contribution in [1.29, 1.82) is 0 Å². The summed E-state index contributed by atoms with van der Waals surface area (Å²) in [7, 11) is 1.50. The smallest absolute Gasteiger partial charge is 0.372 e. The van der Waals surface area contributed by atoms with Crippen molar-refractivity contribution in [3.63, 3.8) is 0 Å². The molecule has 0 aromatic carbocycles. The molecule has 20 heavy (non-hydrogen) atoms. The lowest BCUT2D eigenvalue weighted by atomic mass is 10.1. The molecule has 0 fully saturated rings. The maximum atomic E-state index is 11.2. The van der Waals surface area contributed by atoms with Crippen LogP contribution in [-0.2, 0) is 11.3 Å². The molecule has 1 heterocycles. The Kier molecular flexibility index (Phi) is 5.20. The number of nitrogens with zero attached hydrogens (tertiary/aromatic N) is 3. The van der Waals surface area contributed by atoms with E-state index in [1.807, 2.05) is 20.8 Å². The van der Waals surface area contributed by atoms with Crippen molar-refractivity contribution in [2.24, 2.45) is 0 Å². The molecule has 8 heteroatoms. The maximum Gasteiger partial charge on any atom is 0.372 e. The van der Waals surface area contributed by atoms with Gasteiger partial charge in [-0.05, 0) is 27.7 Å². The Hall–Kier alpha value is -1.96. The molecule has 112 valence electrons. The molecule has 0 radical (unpaired) electrons. The fraction of sp³-hybridized carbons (Fsp3) is 0.667. The molecule has 1 aromatic rings. The Bertz CT molecular complexity index is 485. The van der Waals surface area contributed by atoms with Gasteiger partial charge in [-0.25, -0.2) is 4.98 Å². The van der Waals surface area contributed by atoms with E-state index >= 15 is 0 Å². The number of ether oxygens (including phenoxy) is 2. The molecular formula is C12H20N4O4. The van der Waals surface area contributed by atoms with Crippen LogP contribution in [0.1, 0.15) is 33.5 Å². The first-order chi connectivity index (χ1) is 9.28. The molecule has 0 unspecified atom stereocenters. The van der Waals surface area contributed by atoms with Crippen LogP contribution >= 0.6 is 0 Å². The first kappa shape index (κ1) is 16.1. The van der Waals surface area contributed by atoms with Gasteiger partial charge in [0.1, 0.15) is 6.61 Å². The van der Waals surface area contributed by atoms with Gasteiger partial charge >= 0.3 is 5.69 Å². The van der Waals surface area contributed by atoms with Crippen LogP contribution in [0, 0.1) is 10.1 Å². The van der Waals surface area contributed by atoms with Crippen LogP contribution in [0.2, 0.25) is 0 Å². The monoisotopic (exact) mass is 284 g/mol. The topological polar surface area (TPSA) is 99.4 Å². The van der Waals surface area contributed by atoms with Crippen molar-refractivity contribution >= 4 is 11.5 Å². The Morgan fingerprint density at radius 3 is 2.45 bits per heavy atom. The van der Waals surface area contributed by atoms with Crippen molar-refractivity contribution < 1.29 is 14.4 Å². The lowest BCUT2D eigenvalue weighted by Gasteiger charge is -2.21. The Morgan fingerprint density at radius 1 is 1.35 bits per heavy atom. The zero-order valence-corrected chi connectivity index (χ0v) is 12.4. The first-order valence-corrected chi connectivity index (χ1v) is 6.23. The number of nitrogens with one attached hydrogen (secondary N) is 1. The summed E-state index contributed by atoms with van der Waals surface area (Å²) in [6.45, 7) is 7.81. The van der Waals surface area contributed by atoms with Crippen LogP contribution in [0.5, 0.6) is 5.88 Å². The van der Waals surface area contributed by atoms with E-state index < -0.39 is 4.92 Å². The number of hydrogen-bond donors (Lipinski definition) is 1. The van der Waals surface area contributed by atoms with Crippen molar-refractivity contribution in [2.45, 2.75) is 39.8 Å². The van der Waals surface area contributed by atoms with Gasteiger partial charge < -0.3 is 14.8 Å². The van der Waals surface area contributed by atoms with Gasteiger partial charge in [-0.1, -0.05) is 0 Å². The van der Waals surface area contributed by atoms with Crippen molar-refractivity contribution in [2.75, 3.05) is 19.0 Å². The van der Waals surface area contributed by atoms with E-state index in [-0.39, 0.29) is 36.1 Å². The molecule has 1 rings (SSSR count). The molecule has 0 saturated heterocycles. The van der Waals surface area contributed by atoms with Gasteiger partial charge in [0, 0.05) is 12.6 Å². The predicted octanol–water partition coefficient (Wildman–Crippen LogP) is 2.14. The van der Waals surface area contributed by atoms with E-state index in [0.29, 0.717) is 5.82 Å². The molecule has 0 atom stereocenters. The van der Waals surface area contributed by atoms with Crippen LogP contribution in [0.3, 0.4) is 0 Å². The van der Waals surface area contributed by atoms with Gasteiger partial charge in [-0.2, -0.15) is 4.98 Å². The largest absolute Gasteiger partial charge is 0.473 e. The average molecular weight is 284 g/mol. The zero-order chi connectivity index (χ0) is 15.3. The van der Waals surface area contributed by atoms with Gasteiger partial charge in [0.2, 0.25) is 5.82 Å². The van der Waals surface area contributed by atoms with Crippen molar-refractivity contribution in [3.05, 3.63) is 15.9 Å². The van der Waals surface area contributed by atoms with Crippen LogP contribution in [0.25, 0.3) is 0 Å². The summed E-state index contributed by atoms with van der Waals surface area (Å²) in [5.74, 6) is 0.410. The fourth-order valence-corrected chi connectivity index (χ4v) is 1.52. The second-order valence-corrected chi connectivity index (χ2v) is 5.14. The average Bonchev–Trinajstić information content (AvgIpc) is 2.26. The van der Waals surface area contributed by atoms with Crippen LogP contribution in [0.15, 0.2) is 0 Å². The predicted molar refractivity (Wildman–Crippen MR) is 73.9 cm³/mol. The van der Waals surface area contributed by atoms with E-state index in [2.05, 4.69) is 15.3 Å². The lowest BCUT2D eigenvalue weighted by Crippen LogP contribution is -2.28. The summed E-state index contributed by atoms with van der Waals surface area (Å²) in [4.78, 5) is 18.9. The summed E-state index contributed by atoms with van der Waals surface area (Å²) in [6.07, 6.45) is 0. The highest BCUT2D eigenvalue weighted by Gasteiger charge is 2.28. The third-order valence-electron chi connectivity index (χ3n) is 2.13. The molecule has 0 aliphatic rings. The quantitative estimate of drug-likeness (QED) is 0.631. The first-order valence-electron chi connectivity index (χ1n) is 6.23. The molecule has 1 N–H and O–H groups in total. The maximum absolute atomic E-state index is 11.2. The molecule has 0 aliphatic carbocycles. The molecule has 8 nitrogen and oxygen atoms in total. The lowest BCUT2D eigenvalue weighted by molar-refractivity contribution is -0.385. The molecular weight excluding hydrogens is 264 g/mol. The van der Waals surface area contributed by atoms with Gasteiger partial charge in [-0.3, -0.25) is 10.1 Å². The third-order valence-corrected chi connectivity index (χ3v) is 2.13. The van der Waals surface area contributed by atoms with E-state index in [9.17, 15) is 10.1 Å². The number of nitro groups is 1. The molecule has 0 saturated carbocycles. The second kappa shape index (κ2) is 6.47. The number of aromatic nitrogens is 2. The van der Waals surface area contributed by atoms with Crippen molar-refractivity contribution in [1.82, 2.24) is 9.97 Å². The summed E-state index contributed by atoms with van der Waals surface area (Å²) in [5.41, 5.74) is -0.644. The summed E-state index contributed by atoms with van der Waals surface area (Å²) < 4.78 is 10.2. The standard InChI is InChI=1S/C12H20N4O4/c1-6-20-11-9(16(17)18)10(15-12(2,3)4)13-8(14-11)7-19-5/h6-7H2,1-5H3,(H,13,14,15). The minimum absolute atomic E-state index is 0.0497. The number of hydrogen-bond acceptors (Lipinski definition) is 7. The second-order valence-electron chi connectivity index (χ2n) is 5.14. The van der Waals surface area contributed by atoms with E-state index in [1.165, 1.54) is 7.11 Å². The molecule has 0 amide bonds. The Morgan fingerprint density at radius 2 is 2.00 bits per heavy atom. The number of rotatable bonds is 6. The van der Waals surface area contributed by atoms with Gasteiger partial charge in [-0.15, -0.1) is 0 Å². The number of methoxy groups -OCH3 is 1. The Labute approximate surface area is 117 Å². The minimum atomic E-state index is -0.546. The highest BCUT2D eigenvalue weighted by Crippen LogP contribution is 2.33. The summed E-state index contributed by atoms with van der Waals surface area (Å²) in [6, 6.07) is 0. The number of anilines is 1. The normalized spacial score (nSPS) is 11.2. The zero-order valence-electron chi connectivity index (χ0n) is 12.4. The summed E-state index contributed by atoms with van der Waals surface area (Å²) in [5, 5.41) is 14.2. The van der Waals surface area contributed by atoms with Gasteiger partial charge in [0.15, 0.2) is 5.82 Å². The minimum Gasteiger partial charge on any atom is -0.473 e. The van der Waals surface area contributed by atoms with Gasteiger partial charge in [0.25, 0.3) is 5.88 Å². The SMILES string of the molecule is CCOc1nc(COC)nc(NC(C)(C)C)c1[N+](=O)[O-].